The summed E-state index contributed by atoms with van der Waals surface area (Å²) in [5.74, 6) is -1.20. The molecule has 0 radical (unpaired) electrons. The van der Waals surface area contributed by atoms with E-state index in [1.165, 1.54) is 11.1 Å². The predicted molar refractivity (Wildman–Crippen MR) is 84.7 cm³/mol. The summed E-state index contributed by atoms with van der Waals surface area (Å²) in [6.45, 7) is 4.30. The first kappa shape index (κ1) is 15.3. The van der Waals surface area contributed by atoms with Gasteiger partial charge in [0.25, 0.3) is 5.91 Å². The third-order valence-corrected chi connectivity index (χ3v) is 4.29. The molecule has 0 unspecified atom stereocenters. The molecule has 0 aliphatic carbocycles. The van der Waals surface area contributed by atoms with Crippen LogP contribution in [0.1, 0.15) is 34.5 Å². The Kier molecular flexibility index (Phi) is 3.90. The van der Waals surface area contributed by atoms with Gasteiger partial charge in [0.15, 0.2) is 0 Å². The number of carbonyl (C=O) groups excluding carboxylic acids is 1. The number of nitrogens with zero attached hydrogens (tertiary/aromatic N) is 3. The van der Waals surface area contributed by atoms with Crippen molar-refractivity contribution in [2.24, 2.45) is 0 Å². The van der Waals surface area contributed by atoms with Gasteiger partial charge in [0, 0.05) is 6.54 Å². The molecule has 23 heavy (non-hydrogen) atoms. The molecule has 1 N–H and O–H groups in total. The zero-order valence-electron chi connectivity index (χ0n) is 13.2. The minimum absolute atomic E-state index is 0.258. The van der Waals surface area contributed by atoms with Crippen molar-refractivity contribution >= 4 is 11.9 Å². The molecule has 1 aliphatic rings. The van der Waals surface area contributed by atoms with Gasteiger partial charge in [0.1, 0.15) is 6.04 Å². The van der Waals surface area contributed by atoms with Crippen LogP contribution < -0.4 is 0 Å². The smallest absolute Gasteiger partial charge is 0.326 e. The predicted octanol–water partition coefficient (Wildman–Crippen LogP) is 2.18. The van der Waals surface area contributed by atoms with Gasteiger partial charge in [0.2, 0.25) is 0 Å². The summed E-state index contributed by atoms with van der Waals surface area (Å²) >= 11 is 0. The molecule has 1 saturated heterocycles. The highest BCUT2D eigenvalue weighted by Gasteiger charge is 2.35. The number of benzene rings is 1. The number of hydrogen-bond donors (Lipinski definition) is 1. The van der Waals surface area contributed by atoms with Gasteiger partial charge in [-0.05, 0) is 44.4 Å². The van der Waals surface area contributed by atoms with Crippen molar-refractivity contribution in [2.75, 3.05) is 6.54 Å². The molecule has 1 aromatic carbocycles. The summed E-state index contributed by atoms with van der Waals surface area (Å²) in [4.78, 5) is 25.4. The van der Waals surface area contributed by atoms with Gasteiger partial charge in [-0.25, -0.2) is 9.48 Å². The van der Waals surface area contributed by atoms with Crippen LogP contribution in [0.15, 0.2) is 30.5 Å². The fourth-order valence-electron chi connectivity index (χ4n) is 3.06. The molecule has 1 amide bonds. The van der Waals surface area contributed by atoms with Crippen molar-refractivity contribution in [3.05, 3.63) is 47.3 Å². The number of carboxylic acid groups (broad SMARTS) is 1. The first-order valence-corrected chi connectivity index (χ1v) is 7.64. The summed E-state index contributed by atoms with van der Waals surface area (Å²) < 4.78 is 1.71. The lowest BCUT2D eigenvalue weighted by Gasteiger charge is -2.21. The molecule has 6 nitrogen and oxygen atoms in total. The number of aliphatic carboxylic acids is 1. The fraction of sp³-hybridized carbons (Fsp3) is 0.353. The van der Waals surface area contributed by atoms with E-state index in [-0.39, 0.29) is 5.91 Å². The Hall–Kier alpha value is -2.63. The van der Waals surface area contributed by atoms with Crippen molar-refractivity contribution in [2.45, 2.75) is 32.7 Å². The molecule has 120 valence electrons. The molecule has 2 heterocycles. The number of hydrogen-bond acceptors (Lipinski definition) is 3. The largest absolute Gasteiger partial charge is 0.480 e. The third kappa shape index (κ3) is 2.72. The third-order valence-electron chi connectivity index (χ3n) is 4.29. The fourth-order valence-corrected chi connectivity index (χ4v) is 3.06. The van der Waals surface area contributed by atoms with Crippen molar-refractivity contribution in [3.63, 3.8) is 0 Å². The quantitative estimate of drug-likeness (QED) is 0.942. The van der Waals surface area contributed by atoms with E-state index in [0.717, 1.165) is 16.9 Å². The second kappa shape index (κ2) is 5.87. The lowest BCUT2D eigenvalue weighted by atomic mass is 10.2. The highest BCUT2D eigenvalue weighted by Crippen LogP contribution is 2.23. The van der Waals surface area contributed by atoms with Crippen LogP contribution in [0.25, 0.3) is 5.69 Å². The number of likely N-dealkylation sites (tertiary alicyclic amines) is 1. The number of aromatic nitrogens is 2. The van der Waals surface area contributed by atoms with Crippen molar-refractivity contribution in [1.29, 1.82) is 0 Å². The van der Waals surface area contributed by atoms with Crippen LogP contribution in [0.5, 0.6) is 0 Å². The van der Waals surface area contributed by atoms with E-state index in [0.29, 0.717) is 24.9 Å². The minimum atomic E-state index is -0.945. The van der Waals surface area contributed by atoms with E-state index in [1.54, 1.807) is 4.68 Å². The van der Waals surface area contributed by atoms with E-state index in [2.05, 4.69) is 5.10 Å². The molecule has 1 fully saturated rings. The first-order chi connectivity index (χ1) is 11.0. The second-order valence-corrected chi connectivity index (χ2v) is 5.89. The average molecular weight is 313 g/mol. The SMILES string of the molecule is Cc1cccc(-n2ncc(C(=O)N3CCC[C@@H]3C(=O)O)c2C)c1. The highest BCUT2D eigenvalue weighted by molar-refractivity contribution is 5.97. The lowest BCUT2D eigenvalue weighted by molar-refractivity contribution is -0.141. The van der Waals surface area contributed by atoms with E-state index in [1.807, 2.05) is 38.1 Å². The Morgan fingerprint density at radius 2 is 2.09 bits per heavy atom. The molecular formula is C17H19N3O3. The summed E-state index contributed by atoms with van der Waals surface area (Å²) in [5.41, 5.74) is 3.17. The maximum atomic E-state index is 12.7. The van der Waals surface area contributed by atoms with Crippen LogP contribution >= 0.6 is 0 Å². The van der Waals surface area contributed by atoms with Gasteiger partial charge < -0.3 is 10.0 Å². The molecule has 0 spiro atoms. The Labute approximate surface area is 134 Å². The van der Waals surface area contributed by atoms with Gasteiger partial charge in [0.05, 0.1) is 23.1 Å². The monoisotopic (exact) mass is 313 g/mol. The maximum Gasteiger partial charge on any atom is 0.326 e. The zero-order chi connectivity index (χ0) is 16.6. The van der Waals surface area contributed by atoms with E-state index >= 15 is 0 Å². The molecule has 3 rings (SSSR count). The molecule has 1 aliphatic heterocycles. The Balaban J connectivity index is 1.93. The Morgan fingerprint density at radius 1 is 1.30 bits per heavy atom. The summed E-state index contributed by atoms with van der Waals surface area (Å²) in [6.07, 6.45) is 2.75. The zero-order valence-corrected chi connectivity index (χ0v) is 13.2. The average Bonchev–Trinajstić information content (AvgIpc) is 3.13. The van der Waals surface area contributed by atoms with Crippen molar-refractivity contribution in [3.8, 4) is 5.69 Å². The van der Waals surface area contributed by atoms with E-state index < -0.39 is 12.0 Å². The number of aryl methyl sites for hydroxylation is 1. The molecule has 6 heteroatoms. The molecule has 0 saturated carbocycles. The minimum Gasteiger partial charge on any atom is -0.480 e. The topological polar surface area (TPSA) is 75.4 Å². The van der Waals surface area contributed by atoms with E-state index in [9.17, 15) is 14.7 Å². The van der Waals surface area contributed by atoms with Crippen molar-refractivity contribution in [1.82, 2.24) is 14.7 Å². The van der Waals surface area contributed by atoms with Crippen LogP contribution in [-0.2, 0) is 4.79 Å². The van der Waals surface area contributed by atoms with Crippen LogP contribution in [-0.4, -0.2) is 44.3 Å². The highest BCUT2D eigenvalue weighted by atomic mass is 16.4. The van der Waals surface area contributed by atoms with Gasteiger partial charge in [-0.3, -0.25) is 4.79 Å². The normalized spacial score (nSPS) is 17.5. The lowest BCUT2D eigenvalue weighted by Crippen LogP contribution is -2.40. The standard InChI is InChI=1S/C17H19N3O3/c1-11-5-3-6-13(9-11)20-12(2)14(10-18-20)16(21)19-8-4-7-15(19)17(22)23/h3,5-6,9-10,15H,4,7-8H2,1-2H3,(H,22,23)/t15-/m1/s1. The van der Waals surface area contributed by atoms with Gasteiger partial charge in [-0.15, -0.1) is 0 Å². The summed E-state index contributed by atoms with van der Waals surface area (Å²) in [5, 5.41) is 13.6. The Bertz CT molecular complexity index is 766. The first-order valence-electron chi connectivity index (χ1n) is 7.64. The summed E-state index contributed by atoms with van der Waals surface area (Å²) in [6, 6.07) is 7.12. The molecule has 1 aromatic heterocycles. The number of carbonyl (C=O) groups is 2. The molecule has 0 bridgehead atoms. The van der Waals surface area contributed by atoms with Gasteiger partial charge >= 0.3 is 5.97 Å². The Morgan fingerprint density at radius 3 is 2.78 bits per heavy atom. The van der Waals surface area contributed by atoms with E-state index in [4.69, 9.17) is 0 Å². The second-order valence-electron chi connectivity index (χ2n) is 5.89. The number of amides is 1. The van der Waals surface area contributed by atoms with Crippen LogP contribution in [0.2, 0.25) is 0 Å². The van der Waals surface area contributed by atoms with Crippen molar-refractivity contribution < 1.29 is 14.7 Å². The van der Waals surface area contributed by atoms with Gasteiger partial charge in [-0.2, -0.15) is 5.10 Å². The van der Waals surface area contributed by atoms with Crippen LogP contribution in [0.4, 0.5) is 0 Å². The number of carboxylic acids is 1. The van der Waals surface area contributed by atoms with Gasteiger partial charge in [-0.1, -0.05) is 12.1 Å². The van der Waals surface area contributed by atoms with Crippen LogP contribution in [0, 0.1) is 13.8 Å². The molecule has 1 atom stereocenters. The summed E-state index contributed by atoms with van der Waals surface area (Å²) in [7, 11) is 0. The maximum absolute atomic E-state index is 12.7. The van der Waals surface area contributed by atoms with Crippen LogP contribution in [0.3, 0.4) is 0 Å². The molecular weight excluding hydrogens is 294 g/mol. The number of rotatable bonds is 3. The molecule has 2 aromatic rings.